The Hall–Kier alpha value is -2.26. The van der Waals surface area contributed by atoms with Gasteiger partial charge in [0.1, 0.15) is 5.01 Å². The van der Waals surface area contributed by atoms with Crippen LogP contribution in [-0.2, 0) is 9.53 Å². The normalized spacial score (nSPS) is 11.8. The van der Waals surface area contributed by atoms with E-state index >= 15 is 0 Å². The van der Waals surface area contributed by atoms with Crippen LogP contribution < -0.4 is 10.6 Å². The Morgan fingerprint density at radius 3 is 2.58 bits per heavy atom. The number of nitrogens with zero attached hydrogens (tertiary/aromatic N) is 1. The summed E-state index contributed by atoms with van der Waals surface area (Å²) in [7, 11) is 0. The minimum Gasteiger partial charge on any atom is -0.448 e. The first-order valence-electron chi connectivity index (χ1n) is 7.18. The Balaban J connectivity index is 1.91. The van der Waals surface area contributed by atoms with Crippen LogP contribution in [-0.4, -0.2) is 35.0 Å². The van der Waals surface area contributed by atoms with Gasteiger partial charge in [0.05, 0.1) is 4.88 Å². The highest BCUT2D eigenvalue weighted by molar-refractivity contribution is 7.20. The summed E-state index contributed by atoms with van der Waals surface area (Å²) < 4.78 is 5.05. The Bertz CT molecular complexity index is 725. The molecule has 0 saturated carbocycles. The van der Waals surface area contributed by atoms with Crippen LogP contribution >= 0.6 is 22.7 Å². The lowest BCUT2D eigenvalue weighted by atomic mass is 10.3. The molecule has 0 bridgehead atoms. The fourth-order valence-corrected chi connectivity index (χ4v) is 3.27. The van der Waals surface area contributed by atoms with Gasteiger partial charge in [0.15, 0.2) is 11.8 Å². The van der Waals surface area contributed by atoms with Gasteiger partial charge in [-0.3, -0.25) is 10.1 Å². The second kappa shape index (κ2) is 8.02. The molecule has 0 aliphatic rings. The molecule has 2 N–H and O–H groups in total. The maximum atomic E-state index is 12.1. The number of thiazole rings is 1. The largest absolute Gasteiger partial charge is 0.448 e. The number of imide groups is 1. The van der Waals surface area contributed by atoms with Gasteiger partial charge in [-0.15, -0.1) is 22.7 Å². The van der Waals surface area contributed by atoms with Crippen LogP contribution in [0.2, 0.25) is 0 Å². The molecule has 0 saturated heterocycles. The van der Waals surface area contributed by atoms with Gasteiger partial charge in [-0.05, 0) is 32.2 Å². The number of nitrogens with one attached hydrogen (secondary N) is 2. The molecule has 9 heteroatoms. The Morgan fingerprint density at radius 2 is 1.96 bits per heavy atom. The molecule has 24 heavy (non-hydrogen) atoms. The maximum absolute atomic E-state index is 12.1. The van der Waals surface area contributed by atoms with E-state index in [0.29, 0.717) is 5.01 Å². The topological polar surface area (TPSA) is 97.4 Å². The summed E-state index contributed by atoms with van der Waals surface area (Å²) in [5, 5.41) is 8.83. The van der Waals surface area contributed by atoms with E-state index in [1.54, 1.807) is 19.2 Å². The third-order valence-corrected chi connectivity index (χ3v) is 4.64. The molecule has 0 aromatic carbocycles. The number of amides is 3. The molecule has 1 unspecified atom stereocenters. The molecule has 0 spiro atoms. The van der Waals surface area contributed by atoms with Crippen LogP contribution in [0.25, 0.3) is 9.88 Å². The Morgan fingerprint density at radius 1 is 1.21 bits per heavy atom. The van der Waals surface area contributed by atoms with Gasteiger partial charge in [-0.1, -0.05) is 6.07 Å². The number of esters is 1. The van der Waals surface area contributed by atoms with Gasteiger partial charge in [-0.2, -0.15) is 0 Å². The van der Waals surface area contributed by atoms with Crippen molar-refractivity contribution in [3.63, 3.8) is 0 Å². The van der Waals surface area contributed by atoms with Crippen LogP contribution in [0.3, 0.4) is 0 Å². The molecule has 2 heterocycles. The molecule has 2 aromatic rings. The first-order valence-corrected chi connectivity index (χ1v) is 8.94. The van der Waals surface area contributed by atoms with E-state index in [1.807, 2.05) is 17.5 Å². The summed E-state index contributed by atoms with van der Waals surface area (Å²) in [6.07, 6.45) is -1.11. The number of carbonyl (C=O) groups excluding carboxylic acids is 3. The average Bonchev–Trinajstić information content (AvgIpc) is 3.17. The quantitative estimate of drug-likeness (QED) is 0.792. The Labute approximate surface area is 147 Å². The minimum absolute atomic E-state index is 0.110. The van der Waals surface area contributed by atoms with E-state index < -0.39 is 24.0 Å². The highest BCUT2D eigenvalue weighted by Gasteiger charge is 2.22. The summed E-state index contributed by atoms with van der Waals surface area (Å²) in [6.45, 7) is 4.92. The highest BCUT2D eigenvalue weighted by Crippen LogP contribution is 2.28. The van der Waals surface area contributed by atoms with Gasteiger partial charge in [0, 0.05) is 11.4 Å². The standard InChI is InChI=1S/C15H17N3O4S2/c1-8(2)16-15(21)18-12(19)9(3)22-14(20)10-7-24-13(17-10)11-5-4-6-23-11/h4-9H,1-3H3,(H2,16,18,19,21). The van der Waals surface area contributed by atoms with Crippen molar-refractivity contribution < 1.29 is 19.1 Å². The SMILES string of the molecule is CC(C)NC(=O)NC(=O)C(C)OC(=O)c1csc(-c2cccs2)n1. The van der Waals surface area contributed by atoms with Gasteiger partial charge in [0.25, 0.3) is 5.91 Å². The zero-order valence-corrected chi connectivity index (χ0v) is 15.0. The molecule has 1 atom stereocenters. The van der Waals surface area contributed by atoms with Crippen molar-refractivity contribution in [2.24, 2.45) is 0 Å². The van der Waals surface area contributed by atoms with Gasteiger partial charge in [-0.25, -0.2) is 14.6 Å². The van der Waals surface area contributed by atoms with Crippen molar-refractivity contribution in [3.8, 4) is 9.88 Å². The molecule has 0 aliphatic heterocycles. The maximum Gasteiger partial charge on any atom is 0.358 e. The summed E-state index contributed by atoms with van der Waals surface area (Å²) >= 11 is 2.84. The second-order valence-corrected chi connectivity index (χ2v) is 6.99. The predicted molar refractivity (Wildman–Crippen MR) is 92.1 cm³/mol. The summed E-state index contributed by atoms with van der Waals surface area (Å²) in [4.78, 5) is 40.5. The lowest BCUT2D eigenvalue weighted by Crippen LogP contribution is -2.46. The van der Waals surface area contributed by atoms with E-state index in [2.05, 4.69) is 15.6 Å². The summed E-state index contributed by atoms with van der Waals surface area (Å²) in [6, 6.07) is 3.06. The molecule has 7 nitrogen and oxygen atoms in total. The van der Waals surface area contributed by atoms with E-state index in [-0.39, 0.29) is 11.7 Å². The molecule has 2 rings (SSSR count). The molecule has 128 valence electrons. The van der Waals surface area contributed by atoms with Gasteiger partial charge < -0.3 is 10.1 Å². The third kappa shape index (κ3) is 4.87. The van der Waals surface area contributed by atoms with Crippen LogP contribution in [0, 0.1) is 0 Å². The predicted octanol–water partition coefficient (Wildman–Crippen LogP) is 2.65. The first-order chi connectivity index (χ1) is 11.4. The molecule has 2 aromatic heterocycles. The summed E-state index contributed by atoms with van der Waals surface area (Å²) in [5.74, 6) is -1.41. The van der Waals surface area contributed by atoms with Crippen LogP contribution in [0.5, 0.6) is 0 Å². The number of aromatic nitrogens is 1. The highest BCUT2D eigenvalue weighted by atomic mass is 32.1. The van der Waals surface area contributed by atoms with Crippen LogP contribution in [0.15, 0.2) is 22.9 Å². The van der Waals surface area contributed by atoms with E-state index in [4.69, 9.17) is 4.74 Å². The van der Waals surface area contributed by atoms with E-state index in [0.717, 1.165) is 4.88 Å². The number of thiophene rings is 1. The third-order valence-electron chi connectivity index (χ3n) is 2.75. The number of ether oxygens (including phenoxy) is 1. The molecular weight excluding hydrogens is 350 g/mol. The fourth-order valence-electron chi connectivity index (χ4n) is 1.67. The first kappa shape index (κ1) is 18.1. The van der Waals surface area contributed by atoms with Crippen LogP contribution in [0.1, 0.15) is 31.3 Å². The van der Waals surface area contributed by atoms with Crippen molar-refractivity contribution >= 4 is 40.6 Å². The second-order valence-electron chi connectivity index (χ2n) is 5.18. The van der Waals surface area contributed by atoms with E-state index in [1.165, 1.54) is 29.6 Å². The van der Waals surface area contributed by atoms with Gasteiger partial charge in [0.2, 0.25) is 0 Å². The molecule has 0 fully saturated rings. The lowest BCUT2D eigenvalue weighted by molar-refractivity contribution is -0.127. The van der Waals surface area contributed by atoms with Crippen LogP contribution in [0.4, 0.5) is 4.79 Å². The minimum atomic E-state index is -1.11. The molecule has 0 aliphatic carbocycles. The average molecular weight is 367 g/mol. The van der Waals surface area contributed by atoms with Crippen molar-refractivity contribution in [1.29, 1.82) is 0 Å². The number of carbonyl (C=O) groups is 3. The number of urea groups is 1. The number of hydrogen-bond acceptors (Lipinski definition) is 7. The number of rotatable bonds is 5. The van der Waals surface area contributed by atoms with Gasteiger partial charge >= 0.3 is 12.0 Å². The van der Waals surface area contributed by atoms with Crippen molar-refractivity contribution in [2.75, 3.05) is 0 Å². The smallest absolute Gasteiger partial charge is 0.358 e. The molecule has 3 amide bonds. The monoisotopic (exact) mass is 367 g/mol. The molecule has 0 radical (unpaired) electrons. The van der Waals surface area contributed by atoms with Crippen molar-refractivity contribution in [3.05, 3.63) is 28.6 Å². The van der Waals surface area contributed by atoms with Crippen molar-refractivity contribution in [2.45, 2.75) is 32.9 Å². The van der Waals surface area contributed by atoms with E-state index in [9.17, 15) is 14.4 Å². The fraction of sp³-hybridized carbons (Fsp3) is 0.333. The lowest BCUT2D eigenvalue weighted by Gasteiger charge is -2.13. The Kier molecular flexibility index (Phi) is 6.04. The van der Waals surface area contributed by atoms with Crippen molar-refractivity contribution in [1.82, 2.24) is 15.6 Å². The zero-order chi connectivity index (χ0) is 17.7. The molecular formula is C15H17N3O4S2. The summed E-state index contributed by atoms with van der Waals surface area (Å²) in [5.41, 5.74) is 0.134. The zero-order valence-electron chi connectivity index (χ0n) is 13.4. The number of hydrogen-bond donors (Lipinski definition) is 2.